The van der Waals surface area contributed by atoms with Gasteiger partial charge in [-0.25, -0.2) is 13.6 Å². The Morgan fingerprint density at radius 1 is 1.25 bits per heavy atom. The average molecular weight is 306 g/mol. The molecule has 0 radical (unpaired) electrons. The van der Waals surface area contributed by atoms with Gasteiger partial charge in [0.2, 0.25) is 10.0 Å². The normalized spacial score (nSPS) is 14.4. The molecule has 0 spiro atoms. The zero-order chi connectivity index (χ0) is 15.6. The Balaban J connectivity index is 4.20. The predicted octanol–water partition coefficient (Wildman–Crippen LogP) is 1.04. The van der Waals surface area contributed by atoms with Crippen LogP contribution in [0.3, 0.4) is 0 Å². The van der Waals surface area contributed by atoms with Crippen molar-refractivity contribution in [3.63, 3.8) is 0 Å². The van der Waals surface area contributed by atoms with Gasteiger partial charge in [-0.2, -0.15) is 0 Å². The summed E-state index contributed by atoms with van der Waals surface area (Å²) in [6.45, 7) is 9.42. The van der Waals surface area contributed by atoms with Crippen LogP contribution in [0.25, 0.3) is 0 Å². The lowest BCUT2D eigenvalue weighted by Gasteiger charge is -2.18. The van der Waals surface area contributed by atoms with Crippen LogP contribution in [0.15, 0.2) is 4.99 Å². The zero-order valence-corrected chi connectivity index (χ0v) is 14.0. The van der Waals surface area contributed by atoms with E-state index >= 15 is 0 Å². The monoisotopic (exact) mass is 306 g/mol. The Morgan fingerprint density at radius 2 is 1.90 bits per heavy atom. The lowest BCUT2D eigenvalue weighted by molar-refractivity contribution is 0.491. The summed E-state index contributed by atoms with van der Waals surface area (Å²) in [6.07, 6.45) is 3.45. The second kappa shape index (κ2) is 9.99. The number of sulfonamides is 1. The molecule has 0 aliphatic carbocycles. The van der Waals surface area contributed by atoms with Crippen molar-refractivity contribution in [3.05, 3.63) is 0 Å². The van der Waals surface area contributed by atoms with E-state index in [4.69, 9.17) is 5.14 Å². The Hall–Kier alpha value is -0.820. The zero-order valence-electron chi connectivity index (χ0n) is 13.1. The summed E-state index contributed by atoms with van der Waals surface area (Å²) in [4.78, 5) is 4.22. The summed E-state index contributed by atoms with van der Waals surface area (Å²) >= 11 is 0. The van der Waals surface area contributed by atoms with Crippen molar-refractivity contribution in [1.82, 2.24) is 10.6 Å². The predicted molar refractivity (Wildman–Crippen MR) is 85.2 cm³/mol. The van der Waals surface area contributed by atoms with Gasteiger partial charge < -0.3 is 10.6 Å². The first-order valence-corrected chi connectivity index (χ1v) is 9.01. The van der Waals surface area contributed by atoms with E-state index < -0.39 is 10.0 Å². The lowest BCUT2D eigenvalue weighted by Crippen LogP contribution is -2.42. The topological polar surface area (TPSA) is 96.6 Å². The molecule has 0 rings (SSSR count). The molecule has 120 valence electrons. The number of hydrogen-bond acceptors (Lipinski definition) is 3. The van der Waals surface area contributed by atoms with Gasteiger partial charge in [0.25, 0.3) is 0 Å². The van der Waals surface area contributed by atoms with Crippen molar-refractivity contribution in [2.45, 2.75) is 53.0 Å². The van der Waals surface area contributed by atoms with E-state index in [0.29, 0.717) is 12.0 Å². The third-order valence-corrected chi connectivity index (χ3v) is 3.54. The third kappa shape index (κ3) is 12.2. The Labute approximate surface area is 123 Å². The van der Waals surface area contributed by atoms with Crippen molar-refractivity contribution in [2.24, 2.45) is 16.0 Å². The Bertz CT molecular complexity index is 380. The Kier molecular flexibility index (Phi) is 9.58. The third-order valence-electron chi connectivity index (χ3n) is 2.79. The SMILES string of the molecule is CCNC(=NCCS(N)(=O)=O)NC(C)CCCC(C)C. The number of primary sulfonamides is 1. The minimum atomic E-state index is -3.45. The summed E-state index contributed by atoms with van der Waals surface area (Å²) in [5.74, 6) is 1.23. The van der Waals surface area contributed by atoms with E-state index in [2.05, 4.69) is 36.4 Å². The maximum atomic E-state index is 10.9. The van der Waals surface area contributed by atoms with Gasteiger partial charge in [0.05, 0.1) is 12.3 Å². The summed E-state index contributed by atoms with van der Waals surface area (Å²) in [7, 11) is -3.45. The van der Waals surface area contributed by atoms with Gasteiger partial charge in [0.15, 0.2) is 5.96 Å². The van der Waals surface area contributed by atoms with Gasteiger partial charge in [-0.1, -0.05) is 26.7 Å². The van der Waals surface area contributed by atoms with E-state index in [1.165, 1.54) is 12.8 Å². The van der Waals surface area contributed by atoms with Crippen LogP contribution in [0.4, 0.5) is 0 Å². The summed E-state index contributed by atoms with van der Waals surface area (Å²) in [6, 6.07) is 0.307. The largest absolute Gasteiger partial charge is 0.357 e. The van der Waals surface area contributed by atoms with Gasteiger partial charge in [-0.15, -0.1) is 0 Å². The maximum absolute atomic E-state index is 10.9. The molecule has 0 aromatic rings. The first-order valence-electron chi connectivity index (χ1n) is 7.30. The fraction of sp³-hybridized carbons (Fsp3) is 0.923. The van der Waals surface area contributed by atoms with E-state index in [9.17, 15) is 8.42 Å². The molecular weight excluding hydrogens is 276 g/mol. The molecule has 4 N–H and O–H groups in total. The molecule has 0 saturated heterocycles. The highest BCUT2D eigenvalue weighted by Crippen LogP contribution is 2.08. The number of aliphatic imine (C=N–C) groups is 1. The van der Waals surface area contributed by atoms with Gasteiger partial charge in [-0.3, -0.25) is 4.99 Å². The number of nitrogens with one attached hydrogen (secondary N) is 2. The van der Waals surface area contributed by atoms with Crippen LogP contribution in [0, 0.1) is 5.92 Å². The molecule has 6 nitrogen and oxygen atoms in total. The van der Waals surface area contributed by atoms with Gasteiger partial charge in [0.1, 0.15) is 0 Å². The molecule has 0 aliphatic heterocycles. The first kappa shape index (κ1) is 19.2. The fourth-order valence-electron chi connectivity index (χ4n) is 1.74. The van der Waals surface area contributed by atoms with Gasteiger partial charge in [0, 0.05) is 12.6 Å². The maximum Gasteiger partial charge on any atom is 0.210 e. The molecule has 1 unspecified atom stereocenters. The second-order valence-corrected chi connectivity index (χ2v) is 7.23. The van der Waals surface area contributed by atoms with E-state index in [0.717, 1.165) is 18.9 Å². The molecule has 0 fully saturated rings. The fourth-order valence-corrected chi connectivity index (χ4v) is 2.09. The highest BCUT2D eigenvalue weighted by molar-refractivity contribution is 7.89. The number of rotatable bonds is 9. The van der Waals surface area contributed by atoms with Crippen molar-refractivity contribution in [1.29, 1.82) is 0 Å². The molecule has 0 saturated carbocycles. The molecule has 20 heavy (non-hydrogen) atoms. The highest BCUT2D eigenvalue weighted by atomic mass is 32.2. The molecule has 7 heteroatoms. The number of guanidine groups is 1. The van der Waals surface area contributed by atoms with Crippen LogP contribution in [-0.2, 0) is 10.0 Å². The smallest absolute Gasteiger partial charge is 0.210 e. The second-order valence-electron chi connectivity index (χ2n) is 5.50. The van der Waals surface area contributed by atoms with Crippen LogP contribution >= 0.6 is 0 Å². The number of nitrogens with zero attached hydrogens (tertiary/aromatic N) is 1. The molecule has 0 amide bonds. The van der Waals surface area contributed by atoms with Crippen molar-refractivity contribution in [3.8, 4) is 0 Å². The summed E-state index contributed by atoms with van der Waals surface area (Å²) < 4.78 is 21.7. The van der Waals surface area contributed by atoms with E-state index in [1.807, 2.05) is 6.92 Å². The van der Waals surface area contributed by atoms with E-state index in [1.54, 1.807) is 0 Å². The minimum Gasteiger partial charge on any atom is -0.357 e. The van der Waals surface area contributed by atoms with Gasteiger partial charge >= 0.3 is 0 Å². The minimum absolute atomic E-state index is 0.134. The molecule has 0 aromatic carbocycles. The van der Waals surface area contributed by atoms with Crippen molar-refractivity contribution in [2.75, 3.05) is 18.8 Å². The Morgan fingerprint density at radius 3 is 2.40 bits per heavy atom. The van der Waals surface area contributed by atoms with E-state index in [-0.39, 0.29) is 12.3 Å². The van der Waals surface area contributed by atoms with Crippen molar-refractivity contribution >= 4 is 16.0 Å². The molecule has 0 heterocycles. The lowest BCUT2D eigenvalue weighted by atomic mass is 10.0. The van der Waals surface area contributed by atoms with Crippen LogP contribution < -0.4 is 15.8 Å². The van der Waals surface area contributed by atoms with Crippen LogP contribution in [-0.4, -0.2) is 39.3 Å². The summed E-state index contributed by atoms with van der Waals surface area (Å²) in [5, 5.41) is 11.3. The molecule has 0 aromatic heterocycles. The number of hydrogen-bond donors (Lipinski definition) is 3. The molecular formula is C13H30N4O2S. The van der Waals surface area contributed by atoms with Crippen LogP contribution in [0.5, 0.6) is 0 Å². The van der Waals surface area contributed by atoms with Crippen LogP contribution in [0.2, 0.25) is 0 Å². The average Bonchev–Trinajstić information content (AvgIpc) is 2.26. The standard InChI is InChI=1S/C13H30N4O2S/c1-5-15-13(16-9-10-20(14,18)19)17-12(4)8-6-7-11(2)3/h11-12H,5-10H2,1-4H3,(H2,14,18,19)(H2,15,16,17). The van der Waals surface area contributed by atoms with Crippen molar-refractivity contribution < 1.29 is 8.42 Å². The summed E-state index contributed by atoms with van der Waals surface area (Å²) in [5.41, 5.74) is 0. The highest BCUT2D eigenvalue weighted by Gasteiger charge is 2.06. The number of nitrogens with two attached hydrogens (primary N) is 1. The van der Waals surface area contributed by atoms with Gasteiger partial charge in [-0.05, 0) is 26.2 Å². The van der Waals surface area contributed by atoms with Crippen LogP contribution in [0.1, 0.15) is 47.0 Å². The quantitative estimate of drug-likeness (QED) is 0.438. The molecule has 1 atom stereocenters. The molecule has 0 aliphatic rings. The first-order chi connectivity index (χ1) is 9.24. The molecule has 0 bridgehead atoms.